The molecule has 1 aromatic heterocycles. The molecule has 0 aliphatic carbocycles. The van der Waals surface area contributed by atoms with Crippen molar-refractivity contribution in [3.63, 3.8) is 0 Å². The van der Waals surface area contributed by atoms with Crippen LogP contribution in [-0.4, -0.2) is 17.6 Å². The fourth-order valence-corrected chi connectivity index (χ4v) is 2.03. The van der Waals surface area contributed by atoms with Gasteiger partial charge in [0.15, 0.2) is 0 Å². The molecule has 2 N–H and O–H groups in total. The molecule has 0 saturated heterocycles. The minimum Gasteiger partial charge on any atom is -0.462 e. The lowest BCUT2D eigenvalue weighted by Crippen LogP contribution is -2.08. The van der Waals surface area contributed by atoms with Crippen LogP contribution in [0.25, 0.3) is 0 Å². The summed E-state index contributed by atoms with van der Waals surface area (Å²) >= 11 is 2.16. The van der Waals surface area contributed by atoms with Crippen LogP contribution in [0.4, 0.5) is 5.69 Å². The summed E-state index contributed by atoms with van der Waals surface area (Å²) in [4.78, 5) is 15.8. The second kappa shape index (κ2) is 6.56. The van der Waals surface area contributed by atoms with E-state index in [0.29, 0.717) is 11.6 Å². The van der Waals surface area contributed by atoms with E-state index in [-0.39, 0.29) is 17.9 Å². The van der Waals surface area contributed by atoms with Gasteiger partial charge in [-0.05, 0) is 41.6 Å². The number of carbonyl (C=O) groups is 1. The number of benzene rings is 1. The number of esters is 1. The van der Waals surface area contributed by atoms with Gasteiger partial charge >= 0.3 is 5.97 Å². The van der Waals surface area contributed by atoms with E-state index in [1.54, 1.807) is 6.92 Å². The Morgan fingerprint density at radius 1 is 1.40 bits per heavy atom. The number of nitrogens with zero attached hydrogens (tertiary/aromatic N) is 1. The van der Waals surface area contributed by atoms with E-state index in [4.69, 9.17) is 15.2 Å². The Morgan fingerprint density at radius 2 is 2.15 bits per heavy atom. The molecule has 1 heterocycles. The van der Waals surface area contributed by atoms with Crippen LogP contribution in [0.15, 0.2) is 36.5 Å². The van der Waals surface area contributed by atoms with Crippen molar-refractivity contribution < 1.29 is 14.3 Å². The predicted octanol–water partition coefficient (Wildman–Crippen LogP) is 3.24. The summed E-state index contributed by atoms with van der Waals surface area (Å²) in [6.07, 6.45) is 1.39. The van der Waals surface area contributed by atoms with E-state index < -0.39 is 5.97 Å². The van der Waals surface area contributed by atoms with Crippen LogP contribution < -0.4 is 10.5 Å². The molecule has 0 bridgehead atoms. The molecule has 0 aliphatic heterocycles. The first-order valence-corrected chi connectivity index (χ1v) is 7.04. The normalized spacial score (nSPS) is 10.1. The monoisotopic (exact) mass is 384 g/mol. The number of rotatable bonds is 4. The second-order valence-corrected chi connectivity index (χ2v) is 5.02. The molecule has 2 aromatic rings. The van der Waals surface area contributed by atoms with Gasteiger partial charge in [-0.3, -0.25) is 0 Å². The summed E-state index contributed by atoms with van der Waals surface area (Å²) in [6.45, 7) is 2.02. The van der Waals surface area contributed by atoms with Gasteiger partial charge in [-0.15, -0.1) is 0 Å². The molecule has 0 unspecified atom stereocenters. The zero-order valence-corrected chi connectivity index (χ0v) is 13.0. The van der Waals surface area contributed by atoms with E-state index in [2.05, 4.69) is 27.6 Å². The van der Waals surface area contributed by atoms with Gasteiger partial charge < -0.3 is 15.2 Å². The number of nitrogen functional groups attached to an aromatic ring is 1. The average Bonchev–Trinajstić information content (AvgIpc) is 2.43. The maximum atomic E-state index is 11.8. The number of aromatic nitrogens is 1. The van der Waals surface area contributed by atoms with Gasteiger partial charge in [0.05, 0.1) is 27.6 Å². The second-order valence-electron chi connectivity index (χ2n) is 3.86. The number of ether oxygens (including phenoxy) is 2. The molecule has 104 valence electrons. The molecule has 0 amide bonds. The quantitative estimate of drug-likeness (QED) is 0.647. The lowest BCUT2D eigenvalue weighted by atomic mass is 10.2. The maximum Gasteiger partial charge on any atom is 0.340 e. The SMILES string of the molecule is CCOC(=O)c1cc(Oc2ccccc2I)ncc1N. The van der Waals surface area contributed by atoms with Gasteiger partial charge in [-0.2, -0.15) is 0 Å². The lowest BCUT2D eigenvalue weighted by Gasteiger charge is -2.09. The van der Waals surface area contributed by atoms with Gasteiger partial charge in [0.1, 0.15) is 5.75 Å². The summed E-state index contributed by atoms with van der Waals surface area (Å²) in [6, 6.07) is 9.00. The first-order valence-electron chi connectivity index (χ1n) is 5.97. The average molecular weight is 384 g/mol. The highest BCUT2D eigenvalue weighted by Crippen LogP contribution is 2.26. The Balaban J connectivity index is 2.28. The molecule has 6 heteroatoms. The van der Waals surface area contributed by atoms with Crippen molar-refractivity contribution >= 4 is 34.2 Å². The van der Waals surface area contributed by atoms with Crippen molar-refractivity contribution in [3.8, 4) is 11.6 Å². The Hall–Kier alpha value is -1.83. The Labute approximate surface area is 130 Å². The molecule has 2 rings (SSSR count). The van der Waals surface area contributed by atoms with E-state index in [0.717, 1.165) is 3.57 Å². The molecule has 0 spiro atoms. The zero-order chi connectivity index (χ0) is 14.5. The smallest absolute Gasteiger partial charge is 0.340 e. The van der Waals surface area contributed by atoms with E-state index in [9.17, 15) is 4.79 Å². The number of carbonyl (C=O) groups excluding carboxylic acids is 1. The molecule has 1 aromatic carbocycles. The van der Waals surface area contributed by atoms with Gasteiger partial charge in [-0.1, -0.05) is 12.1 Å². The van der Waals surface area contributed by atoms with Crippen molar-refractivity contribution in [3.05, 3.63) is 45.7 Å². The number of anilines is 1. The minimum atomic E-state index is -0.486. The van der Waals surface area contributed by atoms with Crippen molar-refractivity contribution in [1.82, 2.24) is 4.98 Å². The fraction of sp³-hybridized carbons (Fsp3) is 0.143. The summed E-state index contributed by atoms with van der Waals surface area (Å²) in [7, 11) is 0. The van der Waals surface area contributed by atoms with Crippen LogP contribution in [0.1, 0.15) is 17.3 Å². The number of hydrogen-bond donors (Lipinski definition) is 1. The van der Waals surface area contributed by atoms with Crippen molar-refractivity contribution in [1.29, 1.82) is 0 Å². The van der Waals surface area contributed by atoms with Crippen LogP contribution >= 0.6 is 22.6 Å². The standard InChI is InChI=1S/C14H13IN2O3/c1-2-19-14(18)9-7-13(17-8-11(9)16)20-12-6-4-3-5-10(12)15/h3-8H,2,16H2,1H3. The van der Waals surface area contributed by atoms with Crippen molar-refractivity contribution in [2.75, 3.05) is 12.3 Å². The molecule has 20 heavy (non-hydrogen) atoms. The predicted molar refractivity (Wildman–Crippen MR) is 83.8 cm³/mol. The highest BCUT2D eigenvalue weighted by atomic mass is 127. The third kappa shape index (κ3) is 3.38. The van der Waals surface area contributed by atoms with Gasteiger partial charge in [0, 0.05) is 6.07 Å². The topological polar surface area (TPSA) is 74.4 Å². The van der Waals surface area contributed by atoms with Gasteiger partial charge in [0.2, 0.25) is 5.88 Å². The van der Waals surface area contributed by atoms with Crippen molar-refractivity contribution in [2.24, 2.45) is 0 Å². The van der Waals surface area contributed by atoms with Crippen LogP contribution in [0.3, 0.4) is 0 Å². The molecule has 0 radical (unpaired) electrons. The number of pyridine rings is 1. The number of para-hydroxylation sites is 1. The minimum absolute atomic E-state index is 0.253. The first kappa shape index (κ1) is 14.6. The maximum absolute atomic E-state index is 11.8. The molecule has 5 nitrogen and oxygen atoms in total. The van der Waals surface area contributed by atoms with Crippen LogP contribution in [0.2, 0.25) is 0 Å². The van der Waals surface area contributed by atoms with Crippen LogP contribution in [-0.2, 0) is 4.74 Å². The highest BCUT2D eigenvalue weighted by Gasteiger charge is 2.13. The number of nitrogens with two attached hydrogens (primary N) is 1. The van der Waals surface area contributed by atoms with Crippen LogP contribution in [0, 0.1) is 3.57 Å². The number of halogens is 1. The van der Waals surface area contributed by atoms with Gasteiger partial charge in [0.25, 0.3) is 0 Å². The number of hydrogen-bond acceptors (Lipinski definition) is 5. The van der Waals surface area contributed by atoms with E-state index in [1.165, 1.54) is 12.3 Å². The Kier molecular flexibility index (Phi) is 4.78. The third-order valence-electron chi connectivity index (χ3n) is 2.46. The van der Waals surface area contributed by atoms with E-state index >= 15 is 0 Å². The molecule has 0 saturated carbocycles. The third-order valence-corrected chi connectivity index (χ3v) is 3.35. The molecule has 0 fully saturated rings. The Morgan fingerprint density at radius 3 is 2.85 bits per heavy atom. The lowest BCUT2D eigenvalue weighted by molar-refractivity contribution is 0.0527. The molecule has 0 aliphatic rings. The summed E-state index contributed by atoms with van der Waals surface area (Å²) in [5.41, 5.74) is 6.24. The fourth-order valence-electron chi connectivity index (χ4n) is 1.53. The molecular weight excluding hydrogens is 371 g/mol. The largest absolute Gasteiger partial charge is 0.462 e. The van der Waals surface area contributed by atoms with Crippen LogP contribution in [0.5, 0.6) is 11.6 Å². The first-order chi connectivity index (χ1) is 9.61. The summed E-state index contributed by atoms with van der Waals surface area (Å²) < 4.78 is 11.5. The van der Waals surface area contributed by atoms with E-state index in [1.807, 2.05) is 24.3 Å². The van der Waals surface area contributed by atoms with Gasteiger partial charge in [-0.25, -0.2) is 9.78 Å². The summed E-state index contributed by atoms with van der Waals surface area (Å²) in [5, 5.41) is 0. The molecule has 0 atom stereocenters. The van der Waals surface area contributed by atoms with Crippen molar-refractivity contribution in [2.45, 2.75) is 6.92 Å². The zero-order valence-electron chi connectivity index (χ0n) is 10.8. The Bertz CT molecular complexity index is 632. The highest BCUT2D eigenvalue weighted by molar-refractivity contribution is 14.1. The summed E-state index contributed by atoms with van der Waals surface area (Å²) in [5.74, 6) is 0.478. The molecular formula is C14H13IN2O3.